The zero-order valence-electron chi connectivity index (χ0n) is 14.7. The Morgan fingerprint density at radius 2 is 1.89 bits per heavy atom. The topological polar surface area (TPSA) is 46.2 Å². The Labute approximate surface area is 154 Å². The molecule has 2 aromatic rings. The number of anilines is 1. The number of halogens is 3. The maximum atomic E-state index is 12.5. The number of hydrogen-bond donors (Lipinski definition) is 1. The minimum Gasteiger partial charge on any atom is -0.322 e. The van der Waals surface area contributed by atoms with Crippen LogP contribution in [-0.2, 0) is 6.42 Å². The molecule has 27 heavy (non-hydrogen) atoms. The van der Waals surface area contributed by atoms with Crippen molar-refractivity contribution in [3.8, 4) is 0 Å². The number of allylic oxidation sites excluding steroid dienone is 1. The maximum Gasteiger partial charge on any atom is 0.409 e. The van der Waals surface area contributed by atoms with Gasteiger partial charge in [-0.25, -0.2) is 0 Å². The number of ketones is 1. The molecule has 2 aromatic carbocycles. The van der Waals surface area contributed by atoms with Gasteiger partial charge in [-0.1, -0.05) is 24.3 Å². The van der Waals surface area contributed by atoms with Crippen LogP contribution >= 0.6 is 0 Å². The van der Waals surface area contributed by atoms with E-state index in [-0.39, 0.29) is 17.8 Å². The second-order valence-corrected chi connectivity index (χ2v) is 6.55. The molecule has 0 fully saturated rings. The van der Waals surface area contributed by atoms with Gasteiger partial charge in [-0.2, -0.15) is 13.2 Å². The van der Waals surface area contributed by atoms with Crippen molar-refractivity contribution in [3.63, 3.8) is 0 Å². The summed E-state index contributed by atoms with van der Waals surface area (Å²) in [6.45, 7) is 1.66. The van der Waals surface area contributed by atoms with Gasteiger partial charge in [0.05, 0.1) is 0 Å². The average molecular weight is 373 g/mol. The van der Waals surface area contributed by atoms with Crippen LogP contribution in [0.3, 0.4) is 0 Å². The highest BCUT2D eigenvalue weighted by Gasteiger charge is 2.22. The predicted octanol–water partition coefficient (Wildman–Crippen LogP) is 5.34. The molecular weight excluding hydrogens is 355 g/mol. The Balaban J connectivity index is 1.78. The zero-order chi connectivity index (χ0) is 19.6. The van der Waals surface area contributed by atoms with E-state index in [0.29, 0.717) is 34.4 Å². The van der Waals surface area contributed by atoms with Gasteiger partial charge in [0.25, 0.3) is 5.91 Å². The van der Waals surface area contributed by atoms with Crippen LogP contribution < -0.4 is 5.32 Å². The fraction of sp³-hybridized carbons (Fsp3) is 0.238. The van der Waals surface area contributed by atoms with E-state index in [4.69, 9.17) is 0 Å². The molecule has 3 nitrogen and oxygen atoms in total. The highest BCUT2D eigenvalue weighted by atomic mass is 19.4. The van der Waals surface area contributed by atoms with Gasteiger partial charge in [0.15, 0.2) is 5.78 Å². The SMILES string of the molecule is Cc1cc(/C=C/C(F)(F)F)ccc1C(=O)Nc1ccc2c(c1)C(=O)CCC2. The zero-order valence-corrected chi connectivity index (χ0v) is 14.7. The number of benzene rings is 2. The predicted molar refractivity (Wildman–Crippen MR) is 97.9 cm³/mol. The van der Waals surface area contributed by atoms with E-state index in [2.05, 4.69) is 5.32 Å². The summed E-state index contributed by atoms with van der Waals surface area (Å²) in [5.41, 5.74) is 3.44. The van der Waals surface area contributed by atoms with Crippen LogP contribution in [0.25, 0.3) is 6.08 Å². The van der Waals surface area contributed by atoms with Crippen molar-refractivity contribution < 1.29 is 22.8 Å². The Kier molecular flexibility index (Phi) is 5.17. The van der Waals surface area contributed by atoms with Crippen LogP contribution in [0, 0.1) is 6.92 Å². The van der Waals surface area contributed by atoms with Crippen molar-refractivity contribution in [1.82, 2.24) is 0 Å². The number of carbonyl (C=O) groups is 2. The number of fused-ring (bicyclic) bond motifs is 1. The minimum absolute atomic E-state index is 0.0735. The van der Waals surface area contributed by atoms with Crippen molar-refractivity contribution in [1.29, 1.82) is 0 Å². The van der Waals surface area contributed by atoms with Crippen LogP contribution in [0.2, 0.25) is 0 Å². The molecule has 6 heteroatoms. The summed E-state index contributed by atoms with van der Waals surface area (Å²) in [6.07, 6.45) is -1.06. The summed E-state index contributed by atoms with van der Waals surface area (Å²) < 4.78 is 36.8. The van der Waals surface area contributed by atoms with Gasteiger partial charge in [0.2, 0.25) is 0 Å². The second kappa shape index (κ2) is 7.39. The molecule has 0 saturated heterocycles. The lowest BCUT2D eigenvalue weighted by Gasteiger charge is -2.16. The molecule has 1 N–H and O–H groups in total. The van der Waals surface area contributed by atoms with Gasteiger partial charge in [0.1, 0.15) is 0 Å². The van der Waals surface area contributed by atoms with E-state index in [1.54, 1.807) is 19.1 Å². The second-order valence-electron chi connectivity index (χ2n) is 6.55. The molecular formula is C21H18F3NO2. The first-order valence-corrected chi connectivity index (χ1v) is 8.57. The van der Waals surface area contributed by atoms with E-state index in [1.165, 1.54) is 18.2 Å². The first-order valence-electron chi connectivity index (χ1n) is 8.57. The molecule has 0 unspecified atom stereocenters. The molecule has 0 bridgehead atoms. The van der Waals surface area contributed by atoms with Crippen LogP contribution in [0.5, 0.6) is 0 Å². The molecule has 1 aliphatic carbocycles. The molecule has 0 spiro atoms. The van der Waals surface area contributed by atoms with Gasteiger partial charge in [-0.05, 0) is 54.7 Å². The fourth-order valence-electron chi connectivity index (χ4n) is 3.14. The lowest BCUT2D eigenvalue weighted by Crippen LogP contribution is -2.15. The number of nitrogens with one attached hydrogen (secondary N) is 1. The summed E-state index contributed by atoms with van der Waals surface area (Å²) in [7, 11) is 0. The molecule has 0 heterocycles. The van der Waals surface area contributed by atoms with Gasteiger partial charge < -0.3 is 5.32 Å². The number of aryl methyl sites for hydroxylation is 2. The van der Waals surface area contributed by atoms with Crippen LogP contribution in [0.15, 0.2) is 42.5 Å². The van der Waals surface area contributed by atoms with Crippen LogP contribution in [-0.4, -0.2) is 17.9 Å². The normalized spacial score (nSPS) is 14.3. The van der Waals surface area contributed by atoms with Gasteiger partial charge in [0, 0.05) is 29.3 Å². The lowest BCUT2D eigenvalue weighted by atomic mass is 9.90. The highest BCUT2D eigenvalue weighted by molar-refractivity contribution is 6.06. The molecule has 0 aromatic heterocycles. The van der Waals surface area contributed by atoms with E-state index < -0.39 is 6.18 Å². The Bertz CT molecular complexity index is 930. The van der Waals surface area contributed by atoms with Crippen LogP contribution in [0.4, 0.5) is 18.9 Å². The van der Waals surface area contributed by atoms with Crippen LogP contribution in [0.1, 0.15) is 50.2 Å². The van der Waals surface area contributed by atoms with Gasteiger partial charge >= 0.3 is 6.18 Å². The highest BCUT2D eigenvalue weighted by Crippen LogP contribution is 2.25. The number of hydrogen-bond acceptors (Lipinski definition) is 2. The van der Waals surface area contributed by atoms with Crippen molar-refractivity contribution in [3.05, 3.63) is 70.3 Å². The standard InChI is InChI=1S/C21H18F3NO2/c1-13-11-14(9-10-21(22,23)24)5-8-17(13)20(27)25-16-7-6-15-3-2-4-19(26)18(15)12-16/h5-12H,2-4H2,1H3,(H,25,27)/b10-9+. The number of Topliss-reactive ketones (excluding diaryl/α,β-unsaturated/α-hetero) is 1. The van der Waals surface area contributed by atoms with Crippen molar-refractivity contribution in [2.75, 3.05) is 5.32 Å². The van der Waals surface area contributed by atoms with E-state index in [0.717, 1.165) is 24.5 Å². The smallest absolute Gasteiger partial charge is 0.322 e. The van der Waals surface area contributed by atoms with E-state index in [1.807, 2.05) is 6.07 Å². The molecule has 3 rings (SSSR count). The molecule has 1 amide bonds. The van der Waals surface area contributed by atoms with E-state index in [9.17, 15) is 22.8 Å². The number of carbonyl (C=O) groups excluding carboxylic acids is 2. The summed E-state index contributed by atoms with van der Waals surface area (Å²) in [5, 5.41) is 2.76. The van der Waals surface area contributed by atoms with Crippen molar-refractivity contribution >= 4 is 23.5 Å². The fourth-order valence-corrected chi connectivity index (χ4v) is 3.14. The van der Waals surface area contributed by atoms with Crippen molar-refractivity contribution in [2.45, 2.75) is 32.4 Å². The molecule has 0 radical (unpaired) electrons. The first-order chi connectivity index (χ1) is 12.7. The molecule has 0 aliphatic heterocycles. The minimum atomic E-state index is -4.38. The van der Waals surface area contributed by atoms with E-state index >= 15 is 0 Å². The largest absolute Gasteiger partial charge is 0.409 e. The molecule has 140 valence electrons. The Morgan fingerprint density at radius 3 is 2.59 bits per heavy atom. The monoisotopic (exact) mass is 373 g/mol. The summed E-state index contributed by atoms with van der Waals surface area (Å²) >= 11 is 0. The summed E-state index contributed by atoms with van der Waals surface area (Å²) in [5.74, 6) is -0.300. The quantitative estimate of drug-likeness (QED) is 0.789. The summed E-state index contributed by atoms with van der Waals surface area (Å²) in [4.78, 5) is 24.5. The molecule has 0 atom stereocenters. The summed E-state index contributed by atoms with van der Waals surface area (Å²) in [6, 6.07) is 9.76. The average Bonchev–Trinajstić information content (AvgIpc) is 2.60. The third kappa shape index (κ3) is 4.64. The first kappa shape index (κ1) is 18.9. The van der Waals surface area contributed by atoms with Gasteiger partial charge in [-0.15, -0.1) is 0 Å². The Morgan fingerprint density at radius 1 is 1.11 bits per heavy atom. The van der Waals surface area contributed by atoms with Gasteiger partial charge in [-0.3, -0.25) is 9.59 Å². The number of alkyl halides is 3. The molecule has 0 saturated carbocycles. The number of rotatable bonds is 3. The third-order valence-electron chi connectivity index (χ3n) is 4.48. The van der Waals surface area contributed by atoms with Crippen molar-refractivity contribution in [2.24, 2.45) is 0 Å². The third-order valence-corrected chi connectivity index (χ3v) is 4.48. The lowest BCUT2D eigenvalue weighted by molar-refractivity contribution is -0.0790. The molecule has 1 aliphatic rings. The Hall–Kier alpha value is -2.89. The number of amides is 1. The maximum absolute atomic E-state index is 12.5.